The van der Waals surface area contributed by atoms with Crippen molar-refractivity contribution < 1.29 is 0 Å². The van der Waals surface area contributed by atoms with Crippen molar-refractivity contribution in [1.82, 2.24) is 15.5 Å². The first-order valence-electron chi connectivity index (χ1n) is 8.69. The Hall–Kier alpha value is -0.770. The van der Waals surface area contributed by atoms with Crippen molar-refractivity contribution in [3.05, 3.63) is 0 Å². The van der Waals surface area contributed by atoms with E-state index in [0.29, 0.717) is 0 Å². The van der Waals surface area contributed by atoms with Gasteiger partial charge in [0.05, 0.1) is 0 Å². The third-order valence-corrected chi connectivity index (χ3v) is 3.73. The quantitative estimate of drug-likeness (QED) is 0.450. The molecule has 0 aromatic rings. The highest BCUT2D eigenvalue weighted by Crippen LogP contribution is 2.15. The SMILES string of the molecule is CCNC(=NCCCCN1CCCC(C)C1)NC(C)(C)C. The molecule has 21 heavy (non-hydrogen) atoms. The van der Waals surface area contributed by atoms with Crippen molar-refractivity contribution in [2.75, 3.05) is 32.7 Å². The van der Waals surface area contributed by atoms with Gasteiger partial charge in [-0.15, -0.1) is 0 Å². The minimum absolute atomic E-state index is 0.0605. The van der Waals surface area contributed by atoms with Gasteiger partial charge in [-0.2, -0.15) is 0 Å². The molecule has 1 atom stereocenters. The molecule has 1 unspecified atom stereocenters. The second kappa shape index (κ2) is 9.29. The van der Waals surface area contributed by atoms with E-state index in [2.05, 4.69) is 55.1 Å². The third kappa shape index (κ3) is 8.97. The Kier molecular flexibility index (Phi) is 8.09. The van der Waals surface area contributed by atoms with Crippen molar-refractivity contribution >= 4 is 5.96 Å². The van der Waals surface area contributed by atoms with Crippen LogP contribution in [-0.4, -0.2) is 49.1 Å². The average molecular weight is 297 g/mol. The molecule has 0 aromatic heterocycles. The van der Waals surface area contributed by atoms with Gasteiger partial charge in [-0.05, 0) is 72.4 Å². The second-order valence-corrected chi connectivity index (χ2v) is 7.39. The highest BCUT2D eigenvalue weighted by molar-refractivity contribution is 5.80. The van der Waals surface area contributed by atoms with Gasteiger partial charge in [0.1, 0.15) is 0 Å². The maximum Gasteiger partial charge on any atom is 0.191 e. The van der Waals surface area contributed by atoms with Crippen LogP contribution in [0.5, 0.6) is 0 Å². The van der Waals surface area contributed by atoms with Crippen LogP contribution in [0.2, 0.25) is 0 Å². The molecule has 1 aliphatic rings. The minimum atomic E-state index is 0.0605. The van der Waals surface area contributed by atoms with E-state index in [0.717, 1.165) is 25.0 Å². The van der Waals surface area contributed by atoms with Gasteiger partial charge < -0.3 is 15.5 Å². The molecule has 0 bridgehead atoms. The first-order valence-corrected chi connectivity index (χ1v) is 8.69. The molecule has 2 N–H and O–H groups in total. The standard InChI is InChI=1S/C17H36N4/c1-6-18-16(20-17(3,4)5)19-11-7-8-12-21-13-9-10-15(2)14-21/h15H,6-14H2,1-5H3,(H2,18,19,20). The summed E-state index contributed by atoms with van der Waals surface area (Å²) in [6, 6.07) is 0. The first kappa shape index (κ1) is 18.3. The van der Waals surface area contributed by atoms with Crippen molar-refractivity contribution in [2.24, 2.45) is 10.9 Å². The molecule has 1 aliphatic heterocycles. The zero-order valence-electron chi connectivity index (χ0n) is 14.8. The molecule has 124 valence electrons. The second-order valence-electron chi connectivity index (χ2n) is 7.39. The van der Waals surface area contributed by atoms with Crippen LogP contribution in [0.25, 0.3) is 0 Å². The number of rotatable bonds is 6. The smallest absolute Gasteiger partial charge is 0.191 e. The third-order valence-electron chi connectivity index (χ3n) is 3.73. The fourth-order valence-electron chi connectivity index (χ4n) is 2.79. The molecular weight excluding hydrogens is 260 g/mol. The Morgan fingerprint density at radius 1 is 1.29 bits per heavy atom. The lowest BCUT2D eigenvalue weighted by atomic mass is 10.0. The van der Waals surface area contributed by atoms with Crippen LogP contribution in [0.3, 0.4) is 0 Å². The van der Waals surface area contributed by atoms with E-state index in [9.17, 15) is 0 Å². The van der Waals surface area contributed by atoms with E-state index in [1.807, 2.05) is 0 Å². The fourth-order valence-corrected chi connectivity index (χ4v) is 2.79. The van der Waals surface area contributed by atoms with Crippen molar-refractivity contribution in [1.29, 1.82) is 0 Å². The summed E-state index contributed by atoms with van der Waals surface area (Å²) in [4.78, 5) is 7.29. The Balaban J connectivity index is 2.21. The van der Waals surface area contributed by atoms with Crippen molar-refractivity contribution in [3.63, 3.8) is 0 Å². The van der Waals surface area contributed by atoms with Crippen LogP contribution >= 0.6 is 0 Å². The van der Waals surface area contributed by atoms with Gasteiger partial charge in [-0.1, -0.05) is 6.92 Å². The van der Waals surface area contributed by atoms with Gasteiger partial charge in [0.15, 0.2) is 5.96 Å². The lowest BCUT2D eigenvalue weighted by Gasteiger charge is -2.30. The Morgan fingerprint density at radius 2 is 2.05 bits per heavy atom. The summed E-state index contributed by atoms with van der Waals surface area (Å²) in [5.41, 5.74) is 0.0605. The number of guanidine groups is 1. The summed E-state index contributed by atoms with van der Waals surface area (Å²) in [6.07, 6.45) is 5.21. The summed E-state index contributed by atoms with van der Waals surface area (Å²) in [5, 5.41) is 6.75. The molecule has 0 spiro atoms. The normalized spacial score (nSPS) is 21.4. The average Bonchev–Trinajstić information content (AvgIpc) is 2.36. The van der Waals surface area contributed by atoms with Gasteiger partial charge in [-0.25, -0.2) is 0 Å². The van der Waals surface area contributed by atoms with Crippen LogP contribution in [0.15, 0.2) is 4.99 Å². The van der Waals surface area contributed by atoms with E-state index < -0.39 is 0 Å². The minimum Gasteiger partial charge on any atom is -0.357 e. The van der Waals surface area contributed by atoms with E-state index in [1.54, 1.807) is 0 Å². The Labute approximate surface area is 131 Å². The Morgan fingerprint density at radius 3 is 2.67 bits per heavy atom. The molecule has 0 aliphatic carbocycles. The summed E-state index contributed by atoms with van der Waals surface area (Å²) in [5.74, 6) is 1.82. The molecule has 1 rings (SSSR count). The summed E-state index contributed by atoms with van der Waals surface area (Å²) in [6.45, 7) is 16.6. The van der Waals surface area contributed by atoms with E-state index >= 15 is 0 Å². The van der Waals surface area contributed by atoms with Crippen molar-refractivity contribution in [3.8, 4) is 0 Å². The molecule has 0 aromatic carbocycles. The molecule has 1 fully saturated rings. The van der Waals surface area contributed by atoms with Crippen LogP contribution < -0.4 is 10.6 Å². The predicted molar refractivity (Wildman–Crippen MR) is 92.9 cm³/mol. The number of likely N-dealkylation sites (tertiary alicyclic amines) is 1. The number of piperidine rings is 1. The van der Waals surface area contributed by atoms with Gasteiger partial charge in [0, 0.05) is 25.2 Å². The molecule has 0 amide bonds. The zero-order chi connectivity index (χ0) is 15.7. The van der Waals surface area contributed by atoms with Gasteiger partial charge in [0.2, 0.25) is 0 Å². The highest BCUT2D eigenvalue weighted by atomic mass is 15.2. The maximum atomic E-state index is 4.67. The topological polar surface area (TPSA) is 39.7 Å². The summed E-state index contributed by atoms with van der Waals surface area (Å²) in [7, 11) is 0. The lowest BCUT2D eigenvalue weighted by molar-refractivity contribution is 0.181. The summed E-state index contributed by atoms with van der Waals surface area (Å²) >= 11 is 0. The van der Waals surface area contributed by atoms with E-state index in [1.165, 1.54) is 45.3 Å². The van der Waals surface area contributed by atoms with Gasteiger partial charge >= 0.3 is 0 Å². The van der Waals surface area contributed by atoms with E-state index in [-0.39, 0.29) is 5.54 Å². The number of nitrogens with zero attached hydrogens (tertiary/aromatic N) is 2. The number of nitrogens with one attached hydrogen (secondary N) is 2. The molecular formula is C17H36N4. The van der Waals surface area contributed by atoms with Crippen LogP contribution in [-0.2, 0) is 0 Å². The highest BCUT2D eigenvalue weighted by Gasteiger charge is 2.15. The lowest BCUT2D eigenvalue weighted by Crippen LogP contribution is -2.47. The fraction of sp³-hybridized carbons (Fsp3) is 0.941. The monoisotopic (exact) mass is 296 g/mol. The van der Waals surface area contributed by atoms with Crippen LogP contribution in [0.1, 0.15) is 60.3 Å². The molecule has 0 radical (unpaired) electrons. The molecule has 4 heteroatoms. The molecule has 1 saturated heterocycles. The largest absolute Gasteiger partial charge is 0.357 e. The Bertz CT molecular complexity index is 306. The maximum absolute atomic E-state index is 4.67. The molecule has 4 nitrogen and oxygen atoms in total. The molecule has 0 saturated carbocycles. The van der Waals surface area contributed by atoms with E-state index in [4.69, 9.17) is 0 Å². The summed E-state index contributed by atoms with van der Waals surface area (Å²) < 4.78 is 0. The van der Waals surface area contributed by atoms with Crippen LogP contribution in [0, 0.1) is 5.92 Å². The van der Waals surface area contributed by atoms with Gasteiger partial charge in [0.25, 0.3) is 0 Å². The van der Waals surface area contributed by atoms with Crippen molar-refractivity contribution in [2.45, 2.75) is 65.8 Å². The molecule has 1 heterocycles. The number of aliphatic imine (C=N–C) groups is 1. The predicted octanol–water partition coefficient (Wildman–Crippen LogP) is 2.85. The number of unbranched alkanes of at least 4 members (excludes halogenated alkanes) is 1. The van der Waals surface area contributed by atoms with Gasteiger partial charge in [-0.3, -0.25) is 4.99 Å². The van der Waals surface area contributed by atoms with Crippen LogP contribution in [0.4, 0.5) is 0 Å². The number of hydrogen-bond acceptors (Lipinski definition) is 2. The zero-order valence-corrected chi connectivity index (χ0v) is 14.8. The number of hydrogen-bond donors (Lipinski definition) is 2. The first-order chi connectivity index (χ1) is 9.90.